The van der Waals surface area contributed by atoms with Crippen LogP contribution in [-0.4, -0.2) is 32.8 Å². The van der Waals surface area contributed by atoms with E-state index in [9.17, 15) is 19.2 Å². The highest BCUT2D eigenvalue weighted by Gasteiger charge is 2.32. The van der Waals surface area contributed by atoms with Crippen molar-refractivity contribution in [2.45, 2.75) is 31.3 Å². The van der Waals surface area contributed by atoms with Crippen molar-refractivity contribution in [1.82, 2.24) is 25.6 Å². The SMILES string of the molecule is N#CC(NC(=O)[C@H](CC1CC1)NC(=O)c1cc2cccc(F)c2[nH]1)c1cncc2cccnc12. The average Bonchev–Trinajstić information content (AvgIpc) is 3.56. The van der Waals surface area contributed by atoms with Gasteiger partial charge in [0, 0.05) is 34.9 Å². The van der Waals surface area contributed by atoms with Crippen molar-refractivity contribution in [3.63, 3.8) is 0 Å². The molecule has 1 aliphatic carbocycles. The van der Waals surface area contributed by atoms with Gasteiger partial charge in [0.15, 0.2) is 0 Å². The summed E-state index contributed by atoms with van der Waals surface area (Å²) in [6.07, 6.45) is 7.18. The first-order valence-corrected chi connectivity index (χ1v) is 11.0. The van der Waals surface area contributed by atoms with Gasteiger partial charge < -0.3 is 15.6 Å². The van der Waals surface area contributed by atoms with Crippen LogP contribution in [0, 0.1) is 23.1 Å². The number of amides is 2. The summed E-state index contributed by atoms with van der Waals surface area (Å²) >= 11 is 0. The van der Waals surface area contributed by atoms with Gasteiger partial charge in [-0.25, -0.2) is 4.39 Å². The average molecular weight is 456 g/mol. The van der Waals surface area contributed by atoms with Gasteiger partial charge in [0.25, 0.3) is 5.91 Å². The molecule has 1 fully saturated rings. The van der Waals surface area contributed by atoms with Crippen LogP contribution in [0.4, 0.5) is 4.39 Å². The van der Waals surface area contributed by atoms with Gasteiger partial charge in [-0.3, -0.25) is 19.6 Å². The van der Waals surface area contributed by atoms with Crippen LogP contribution in [0.25, 0.3) is 21.8 Å². The van der Waals surface area contributed by atoms with Crippen molar-refractivity contribution in [3.05, 3.63) is 72.1 Å². The van der Waals surface area contributed by atoms with E-state index in [-0.39, 0.29) is 11.2 Å². The molecule has 0 spiro atoms. The Morgan fingerprint density at radius 2 is 2.00 bits per heavy atom. The topological polar surface area (TPSA) is 124 Å². The van der Waals surface area contributed by atoms with Crippen molar-refractivity contribution in [3.8, 4) is 6.07 Å². The zero-order valence-corrected chi connectivity index (χ0v) is 18.1. The molecule has 1 unspecified atom stereocenters. The fourth-order valence-electron chi connectivity index (χ4n) is 4.05. The molecule has 0 aliphatic heterocycles. The van der Waals surface area contributed by atoms with Gasteiger partial charge in [0.05, 0.1) is 17.1 Å². The second kappa shape index (κ2) is 8.90. The summed E-state index contributed by atoms with van der Waals surface area (Å²) in [5.74, 6) is -1.11. The smallest absolute Gasteiger partial charge is 0.268 e. The third-order valence-corrected chi connectivity index (χ3v) is 6.00. The zero-order valence-electron chi connectivity index (χ0n) is 18.1. The van der Waals surface area contributed by atoms with Crippen molar-refractivity contribution >= 4 is 33.6 Å². The maximum Gasteiger partial charge on any atom is 0.268 e. The Balaban J connectivity index is 1.37. The Morgan fingerprint density at radius 3 is 2.76 bits per heavy atom. The van der Waals surface area contributed by atoms with Crippen molar-refractivity contribution in [1.29, 1.82) is 5.26 Å². The summed E-state index contributed by atoms with van der Waals surface area (Å²) in [7, 11) is 0. The van der Waals surface area contributed by atoms with E-state index in [0.717, 1.165) is 18.2 Å². The van der Waals surface area contributed by atoms with Gasteiger partial charge in [0.2, 0.25) is 5.91 Å². The first-order valence-electron chi connectivity index (χ1n) is 11.0. The van der Waals surface area contributed by atoms with Gasteiger partial charge in [-0.15, -0.1) is 0 Å². The molecule has 4 aromatic rings. The number of carbonyl (C=O) groups excluding carboxylic acids is 2. The molecule has 1 aliphatic rings. The van der Waals surface area contributed by atoms with Crippen molar-refractivity contribution < 1.29 is 14.0 Å². The van der Waals surface area contributed by atoms with Gasteiger partial charge in [-0.05, 0) is 36.6 Å². The number of nitrogens with one attached hydrogen (secondary N) is 3. The molecule has 9 heteroatoms. The van der Waals surface area contributed by atoms with Crippen LogP contribution in [0.3, 0.4) is 0 Å². The molecule has 1 saturated carbocycles. The Kier molecular flexibility index (Phi) is 5.64. The predicted octanol–water partition coefficient (Wildman–Crippen LogP) is 3.53. The number of fused-ring (bicyclic) bond motifs is 2. The lowest BCUT2D eigenvalue weighted by molar-refractivity contribution is -0.123. The predicted molar refractivity (Wildman–Crippen MR) is 123 cm³/mol. The van der Waals surface area contributed by atoms with E-state index in [2.05, 4.69) is 31.7 Å². The zero-order chi connectivity index (χ0) is 23.7. The maximum absolute atomic E-state index is 14.0. The van der Waals surface area contributed by atoms with Gasteiger partial charge >= 0.3 is 0 Å². The molecule has 34 heavy (non-hydrogen) atoms. The summed E-state index contributed by atoms with van der Waals surface area (Å²) in [5, 5.41) is 16.6. The molecule has 1 aromatic carbocycles. The molecule has 3 N–H and O–H groups in total. The molecule has 170 valence electrons. The molecular formula is C25H21FN6O2. The van der Waals surface area contributed by atoms with E-state index in [4.69, 9.17) is 0 Å². The van der Waals surface area contributed by atoms with Gasteiger partial charge in [-0.2, -0.15) is 5.26 Å². The van der Waals surface area contributed by atoms with Crippen LogP contribution in [0.2, 0.25) is 0 Å². The van der Waals surface area contributed by atoms with E-state index in [1.807, 2.05) is 6.07 Å². The number of pyridine rings is 2. The number of para-hydroxylation sites is 1. The number of carbonyl (C=O) groups is 2. The van der Waals surface area contributed by atoms with Crippen LogP contribution in [-0.2, 0) is 4.79 Å². The summed E-state index contributed by atoms with van der Waals surface area (Å²) in [5.41, 5.74) is 1.45. The van der Waals surface area contributed by atoms with E-state index in [0.29, 0.717) is 28.8 Å². The summed E-state index contributed by atoms with van der Waals surface area (Å²) in [6, 6.07) is 9.99. The second-order valence-corrected chi connectivity index (χ2v) is 8.47. The molecule has 3 heterocycles. The molecule has 8 nitrogen and oxygen atoms in total. The largest absolute Gasteiger partial charge is 0.348 e. The minimum Gasteiger partial charge on any atom is -0.348 e. The number of aromatic amines is 1. The Hall–Kier alpha value is -4.32. The summed E-state index contributed by atoms with van der Waals surface area (Å²) in [4.78, 5) is 37.4. The van der Waals surface area contributed by atoms with Crippen molar-refractivity contribution in [2.75, 3.05) is 0 Å². The lowest BCUT2D eigenvalue weighted by Gasteiger charge is -2.20. The molecule has 0 radical (unpaired) electrons. The third-order valence-electron chi connectivity index (χ3n) is 6.00. The van der Waals surface area contributed by atoms with E-state index < -0.39 is 29.7 Å². The van der Waals surface area contributed by atoms with Crippen LogP contribution >= 0.6 is 0 Å². The minimum atomic E-state index is -0.987. The molecule has 0 saturated heterocycles. The number of rotatable bonds is 7. The molecular weight excluding hydrogens is 435 g/mol. The number of H-pyrrole nitrogens is 1. The Morgan fingerprint density at radius 1 is 1.18 bits per heavy atom. The lowest BCUT2D eigenvalue weighted by atomic mass is 10.0. The minimum absolute atomic E-state index is 0.160. The molecule has 2 amide bonds. The van der Waals surface area contributed by atoms with Gasteiger partial charge in [0.1, 0.15) is 23.6 Å². The number of benzene rings is 1. The second-order valence-electron chi connectivity index (χ2n) is 8.47. The van der Waals surface area contributed by atoms with Crippen molar-refractivity contribution in [2.24, 2.45) is 5.92 Å². The standard InChI is InChI=1S/C25H21FN6O2/c26-18-5-1-3-15-10-20(30-23(15)18)25(34)31-19(9-14-6-7-14)24(33)32-21(11-27)17-13-28-12-16-4-2-8-29-22(16)17/h1-5,8,10,12-14,19,21,30H,6-7,9H2,(H,31,34)(H,32,33)/t19-,21?/m0/s1. The van der Waals surface area contributed by atoms with Crippen LogP contribution in [0.15, 0.2) is 55.0 Å². The van der Waals surface area contributed by atoms with Gasteiger partial charge in [-0.1, -0.05) is 25.0 Å². The molecule has 3 aromatic heterocycles. The maximum atomic E-state index is 14.0. The normalized spacial score (nSPS) is 14.9. The number of hydrogen-bond donors (Lipinski definition) is 3. The third kappa shape index (κ3) is 4.30. The Bertz CT molecular complexity index is 1430. The van der Waals surface area contributed by atoms with Crippen LogP contribution in [0.5, 0.6) is 0 Å². The van der Waals surface area contributed by atoms with Crippen LogP contribution in [0.1, 0.15) is 41.4 Å². The number of hydrogen-bond acceptors (Lipinski definition) is 5. The molecule has 2 atom stereocenters. The van der Waals surface area contributed by atoms with Crippen LogP contribution < -0.4 is 10.6 Å². The quantitative estimate of drug-likeness (QED) is 0.393. The Labute approximate surface area is 194 Å². The highest BCUT2D eigenvalue weighted by molar-refractivity contribution is 6.00. The lowest BCUT2D eigenvalue weighted by Crippen LogP contribution is -2.48. The number of nitrogens with zero attached hydrogens (tertiary/aromatic N) is 3. The highest BCUT2D eigenvalue weighted by atomic mass is 19.1. The van der Waals surface area contributed by atoms with E-state index >= 15 is 0 Å². The first-order chi connectivity index (χ1) is 16.5. The first kappa shape index (κ1) is 21.5. The van der Waals surface area contributed by atoms with E-state index in [1.165, 1.54) is 12.3 Å². The number of nitriles is 1. The molecule has 0 bridgehead atoms. The highest BCUT2D eigenvalue weighted by Crippen LogP contribution is 2.34. The fourth-order valence-corrected chi connectivity index (χ4v) is 4.05. The molecule has 5 rings (SSSR count). The fraction of sp³-hybridized carbons (Fsp3) is 0.240. The monoisotopic (exact) mass is 456 g/mol. The van der Waals surface area contributed by atoms with E-state index in [1.54, 1.807) is 36.7 Å². The summed E-state index contributed by atoms with van der Waals surface area (Å²) in [6.45, 7) is 0. The summed E-state index contributed by atoms with van der Waals surface area (Å²) < 4.78 is 14.0. The number of halogens is 1. The number of aromatic nitrogens is 3.